The van der Waals surface area contributed by atoms with Gasteiger partial charge in [-0.1, -0.05) is 29.8 Å². The Labute approximate surface area is 158 Å². The summed E-state index contributed by atoms with van der Waals surface area (Å²) in [5.74, 6) is 0.908. The first kappa shape index (κ1) is 18.7. The molecular weight excluding hydrogens is 366 g/mol. The van der Waals surface area contributed by atoms with Gasteiger partial charge in [0.1, 0.15) is 5.69 Å². The fraction of sp³-hybridized carbons (Fsp3) is 0.158. The van der Waals surface area contributed by atoms with Gasteiger partial charge in [-0.2, -0.15) is 0 Å². The second-order valence-corrected chi connectivity index (χ2v) is 7.42. The number of rotatable bonds is 6. The minimum atomic E-state index is -3.90. The zero-order valence-electron chi connectivity index (χ0n) is 15.1. The minimum absolute atomic E-state index is 0.0284. The third kappa shape index (κ3) is 4.01. The van der Waals surface area contributed by atoms with Crippen molar-refractivity contribution in [3.63, 3.8) is 0 Å². The number of hydrogen-bond acceptors (Lipinski definition) is 6. The van der Waals surface area contributed by atoms with Crippen molar-refractivity contribution in [3.05, 3.63) is 60.4 Å². The van der Waals surface area contributed by atoms with Crippen LogP contribution in [-0.4, -0.2) is 32.6 Å². The molecule has 0 amide bonds. The Hall–Kier alpha value is -3.13. The normalized spacial score (nSPS) is 11.1. The molecule has 1 N–H and O–H groups in total. The molecule has 140 valence electrons. The Morgan fingerprint density at radius 2 is 1.56 bits per heavy atom. The van der Waals surface area contributed by atoms with Gasteiger partial charge >= 0.3 is 0 Å². The van der Waals surface area contributed by atoms with Gasteiger partial charge in [-0.25, -0.2) is 13.4 Å². The lowest BCUT2D eigenvalue weighted by atomic mass is 10.1. The van der Waals surface area contributed by atoms with Crippen molar-refractivity contribution in [1.29, 1.82) is 0 Å². The van der Waals surface area contributed by atoms with E-state index < -0.39 is 10.0 Å². The molecule has 2 aromatic carbocycles. The van der Waals surface area contributed by atoms with E-state index in [0.717, 1.165) is 11.1 Å². The second-order valence-electron chi connectivity index (χ2n) is 5.74. The van der Waals surface area contributed by atoms with Crippen LogP contribution in [0.2, 0.25) is 0 Å². The van der Waals surface area contributed by atoms with Gasteiger partial charge in [0.2, 0.25) is 0 Å². The smallest absolute Gasteiger partial charge is 0.263 e. The summed E-state index contributed by atoms with van der Waals surface area (Å²) in [5, 5.41) is 0. The van der Waals surface area contributed by atoms with Crippen molar-refractivity contribution < 1.29 is 17.9 Å². The molecule has 27 heavy (non-hydrogen) atoms. The number of hydrogen-bond donors (Lipinski definition) is 1. The highest BCUT2D eigenvalue weighted by molar-refractivity contribution is 7.92. The number of ether oxygens (including phenoxy) is 2. The van der Waals surface area contributed by atoms with Gasteiger partial charge in [0.05, 0.1) is 19.1 Å². The fourth-order valence-corrected chi connectivity index (χ4v) is 3.54. The molecule has 3 aromatic rings. The summed E-state index contributed by atoms with van der Waals surface area (Å²) in [4.78, 5) is 8.47. The molecule has 0 saturated carbocycles. The van der Waals surface area contributed by atoms with Crippen LogP contribution in [-0.2, 0) is 10.0 Å². The number of methoxy groups -OCH3 is 2. The SMILES string of the molecule is COc1ccc(S(=O)(=O)Nc2nccnc2-c2ccc(C)cc2)cc1OC. The molecule has 0 atom stereocenters. The lowest BCUT2D eigenvalue weighted by Gasteiger charge is -2.13. The van der Waals surface area contributed by atoms with E-state index in [2.05, 4.69) is 14.7 Å². The van der Waals surface area contributed by atoms with E-state index in [1.54, 1.807) is 0 Å². The minimum Gasteiger partial charge on any atom is -0.493 e. The van der Waals surface area contributed by atoms with Crippen LogP contribution in [0, 0.1) is 6.92 Å². The van der Waals surface area contributed by atoms with Crippen molar-refractivity contribution in [2.45, 2.75) is 11.8 Å². The van der Waals surface area contributed by atoms with Crippen LogP contribution in [0.4, 0.5) is 5.82 Å². The average molecular weight is 385 g/mol. The molecule has 0 bridgehead atoms. The summed E-state index contributed by atoms with van der Waals surface area (Å²) in [5.41, 5.74) is 2.30. The van der Waals surface area contributed by atoms with E-state index in [9.17, 15) is 8.42 Å². The predicted octanol–water partition coefficient (Wildman–Crippen LogP) is 3.27. The summed E-state index contributed by atoms with van der Waals surface area (Å²) < 4.78 is 38.5. The molecule has 0 saturated heterocycles. The number of aromatic nitrogens is 2. The van der Waals surface area contributed by atoms with Crippen LogP contribution in [0.3, 0.4) is 0 Å². The topological polar surface area (TPSA) is 90.4 Å². The van der Waals surface area contributed by atoms with Gasteiger partial charge in [0, 0.05) is 24.0 Å². The zero-order chi connectivity index (χ0) is 19.4. The summed E-state index contributed by atoms with van der Waals surface area (Å²) in [7, 11) is -0.970. The maximum absolute atomic E-state index is 12.8. The molecule has 0 radical (unpaired) electrons. The average Bonchev–Trinajstić information content (AvgIpc) is 2.68. The van der Waals surface area contributed by atoms with E-state index in [-0.39, 0.29) is 10.7 Å². The van der Waals surface area contributed by atoms with Gasteiger partial charge in [-0.05, 0) is 19.1 Å². The maximum atomic E-state index is 12.8. The quantitative estimate of drug-likeness (QED) is 0.700. The molecule has 7 nitrogen and oxygen atoms in total. The van der Waals surface area contributed by atoms with Crippen LogP contribution in [0.1, 0.15) is 5.56 Å². The van der Waals surface area contributed by atoms with Crippen molar-refractivity contribution in [2.24, 2.45) is 0 Å². The van der Waals surface area contributed by atoms with Gasteiger partial charge in [0.25, 0.3) is 10.0 Å². The number of benzene rings is 2. The van der Waals surface area contributed by atoms with Crippen molar-refractivity contribution in [2.75, 3.05) is 18.9 Å². The molecule has 0 spiro atoms. The van der Waals surface area contributed by atoms with Gasteiger partial charge in [0.15, 0.2) is 17.3 Å². The highest BCUT2D eigenvalue weighted by Crippen LogP contribution is 2.31. The van der Waals surface area contributed by atoms with Gasteiger partial charge in [-0.3, -0.25) is 9.71 Å². The first-order chi connectivity index (χ1) is 12.9. The third-order valence-corrected chi connectivity index (χ3v) is 5.26. The van der Waals surface area contributed by atoms with Gasteiger partial charge < -0.3 is 9.47 Å². The van der Waals surface area contributed by atoms with Crippen LogP contribution in [0.15, 0.2) is 59.8 Å². The Bertz CT molecular complexity index is 1050. The molecule has 0 aliphatic rings. The predicted molar refractivity (Wildman–Crippen MR) is 103 cm³/mol. The summed E-state index contributed by atoms with van der Waals surface area (Å²) in [6, 6.07) is 12.0. The first-order valence-corrected chi connectivity index (χ1v) is 9.56. The van der Waals surface area contributed by atoms with Crippen molar-refractivity contribution in [1.82, 2.24) is 9.97 Å². The number of nitrogens with one attached hydrogen (secondary N) is 1. The van der Waals surface area contributed by atoms with Crippen LogP contribution in [0.5, 0.6) is 11.5 Å². The highest BCUT2D eigenvalue weighted by Gasteiger charge is 2.20. The summed E-state index contributed by atoms with van der Waals surface area (Å²) >= 11 is 0. The molecule has 0 unspecified atom stereocenters. The summed E-state index contributed by atoms with van der Waals surface area (Å²) in [6.45, 7) is 1.97. The Morgan fingerprint density at radius 1 is 0.889 bits per heavy atom. The fourth-order valence-electron chi connectivity index (χ4n) is 2.51. The van der Waals surface area contributed by atoms with E-state index in [0.29, 0.717) is 17.2 Å². The standard InChI is InChI=1S/C19H19N3O4S/c1-13-4-6-14(7-5-13)18-19(21-11-10-20-18)22-27(23,24)15-8-9-16(25-2)17(12-15)26-3/h4-12H,1-3H3,(H,21,22). The number of anilines is 1. The molecule has 0 aliphatic carbocycles. The molecule has 1 heterocycles. The Morgan fingerprint density at radius 3 is 2.22 bits per heavy atom. The van der Waals surface area contributed by atoms with Crippen molar-refractivity contribution in [3.8, 4) is 22.8 Å². The largest absolute Gasteiger partial charge is 0.493 e. The Kier molecular flexibility index (Phi) is 5.27. The van der Waals surface area contributed by atoms with Gasteiger partial charge in [-0.15, -0.1) is 0 Å². The van der Waals surface area contributed by atoms with Crippen LogP contribution >= 0.6 is 0 Å². The van der Waals surface area contributed by atoms with E-state index in [4.69, 9.17) is 9.47 Å². The zero-order valence-corrected chi connectivity index (χ0v) is 15.9. The lowest BCUT2D eigenvalue weighted by molar-refractivity contribution is 0.354. The highest BCUT2D eigenvalue weighted by atomic mass is 32.2. The molecule has 1 aromatic heterocycles. The monoisotopic (exact) mass is 385 g/mol. The molecule has 3 rings (SSSR count). The van der Waals surface area contributed by atoms with E-state index >= 15 is 0 Å². The summed E-state index contributed by atoms with van der Waals surface area (Å²) in [6.07, 6.45) is 2.95. The first-order valence-electron chi connectivity index (χ1n) is 8.07. The molecule has 0 fully saturated rings. The second kappa shape index (κ2) is 7.63. The van der Waals surface area contributed by atoms with Crippen LogP contribution in [0.25, 0.3) is 11.3 Å². The maximum Gasteiger partial charge on any atom is 0.263 e. The van der Waals surface area contributed by atoms with Crippen molar-refractivity contribution >= 4 is 15.8 Å². The number of aryl methyl sites for hydroxylation is 1. The van der Waals surface area contributed by atoms with E-state index in [1.807, 2.05) is 31.2 Å². The van der Waals surface area contributed by atoms with Crippen LogP contribution < -0.4 is 14.2 Å². The molecule has 8 heteroatoms. The third-order valence-electron chi connectivity index (χ3n) is 3.92. The Balaban J connectivity index is 1.99. The lowest BCUT2D eigenvalue weighted by Crippen LogP contribution is -2.15. The van der Waals surface area contributed by atoms with E-state index in [1.165, 1.54) is 44.8 Å². The molecular formula is C19H19N3O4S. The number of sulfonamides is 1. The molecule has 0 aliphatic heterocycles. The number of nitrogens with zero attached hydrogens (tertiary/aromatic N) is 2.